The molecule has 0 saturated heterocycles. The molecule has 170 valence electrons. The normalized spacial score (nSPS) is 50.5. The summed E-state index contributed by atoms with van der Waals surface area (Å²) in [4.78, 5) is 0. The molecule has 10 atom stereocenters. The SMILES string of the molecule is C1=C[C@H]2C(C(NC3C=CCCC3)=C1)C1C=CCCC1C21C2CCC=CC2C2CCCCC21. The van der Waals surface area contributed by atoms with Crippen molar-refractivity contribution >= 4 is 0 Å². The zero-order valence-corrected chi connectivity index (χ0v) is 19.7. The van der Waals surface area contributed by atoms with Crippen molar-refractivity contribution in [3.63, 3.8) is 0 Å². The van der Waals surface area contributed by atoms with Crippen LogP contribution in [0, 0.1) is 52.8 Å². The molecule has 0 aromatic heterocycles. The molecule has 0 heterocycles. The summed E-state index contributed by atoms with van der Waals surface area (Å²) >= 11 is 0. The van der Waals surface area contributed by atoms with Gasteiger partial charge in [0.05, 0.1) is 0 Å². The van der Waals surface area contributed by atoms with Crippen molar-refractivity contribution < 1.29 is 0 Å². The molecule has 3 fully saturated rings. The predicted octanol–water partition coefficient (Wildman–Crippen LogP) is 7.36. The Bertz CT molecular complexity index is 888. The van der Waals surface area contributed by atoms with Gasteiger partial charge in [-0.25, -0.2) is 0 Å². The van der Waals surface area contributed by atoms with Crippen molar-refractivity contribution in [3.8, 4) is 0 Å². The summed E-state index contributed by atoms with van der Waals surface area (Å²) in [5, 5.41) is 4.09. The molecule has 0 radical (unpaired) electrons. The first-order valence-corrected chi connectivity index (χ1v) is 14.0. The number of hydrogen-bond donors (Lipinski definition) is 1. The van der Waals surface area contributed by atoms with E-state index in [1.165, 1.54) is 70.6 Å². The van der Waals surface area contributed by atoms with Crippen LogP contribution in [0.1, 0.15) is 70.6 Å². The zero-order valence-electron chi connectivity index (χ0n) is 19.7. The van der Waals surface area contributed by atoms with Gasteiger partial charge in [-0.1, -0.05) is 61.4 Å². The predicted molar refractivity (Wildman–Crippen MR) is 133 cm³/mol. The Balaban J connectivity index is 1.33. The van der Waals surface area contributed by atoms with Gasteiger partial charge in [-0.2, -0.15) is 0 Å². The lowest BCUT2D eigenvalue weighted by molar-refractivity contribution is 0.000591. The molecule has 0 aromatic rings. The molecule has 0 aliphatic heterocycles. The third-order valence-electron chi connectivity index (χ3n) is 11.1. The van der Waals surface area contributed by atoms with Gasteiger partial charge in [0, 0.05) is 17.7 Å². The first-order valence-electron chi connectivity index (χ1n) is 14.0. The highest BCUT2D eigenvalue weighted by molar-refractivity contribution is 5.36. The molecule has 7 aliphatic rings. The molecule has 1 heteroatoms. The van der Waals surface area contributed by atoms with Gasteiger partial charge >= 0.3 is 0 Å². The van der Waals surface area contributed by atoms with Crippen LogP contribution in [0.2, 0.25) is 0 Å². The fourth-order valence-electron chi connectivity index (χ4n) is 10.4. The molecule has 7 aliphatic carbocycles. The molecule has 0 aromatic carbocycles. The third kappa shape index (κ3) is 2.69. The van der Waals surface area contributed by atoms with Gasteiger partial charge in [0.25, 0.3) is 0 Å². The van der Waals surface area contributed by atoms with Crippen LogP contribution in [0.25, 0.3) is 0 Å². The number of hydrogen-bond acceptors (Lipinski definition) is 1. The fourth-order valence-corrected chi connectivity index (χ4v) is 10.4. The van der Waals surface area contributed by atoms with Crippen LogP contribution in [-0.4, -0.2) is 6.04 Å². The van der Waals surface area contributed by atoms with Gasteiger partial charge < -0.3 is 5.32 Å². The molecule has 0 bridgehead atoms. The van der Waals surface area contributed by atoms with Crippen molar-refractivity contribution in [1.29, 1.82) is 0 Å². The van der Waals surface area contributed by atoms with E-state index in [0.29, 0.717) is 17.4 Å². The minimum Gasteiger partial charge on any atom is -0.382 e. The van der Waals surface area contributed by atoms with Crippen LogP contribution in [0.3, 0.4) is 0 Å². The highest BCUT2D eigenvalue weighted by Crippen LogP contribution is 2.75. The van der Waals surface area contributed by atoms with Crippen molar-refractivity contribution in [3.05, 3.63) is 60.4 Å². The summed E-state index contributed by atoms with van der Waals surface area (Å²) in [6.07, 6.45) is 38.4. The second-order valence-corrected chi connectivity index (χ2v) is 12.1. The second-order valence-electron chi connectivity index (χ2n) is 12.1. The maximum atomic E-state index is 4.09. The topological polar surface area (TPSA) is 12.0 Å². The van der Waals surface area contributed by atoms with Gasteiger partial charge in [0.1, 0.15) is 0 Å². The van der Waals surface area contributed by atoms with Crippen LogP contribution in [0.15, 0.2) is 60.4 Å². The lowest BCUT2D eigenvalue weighted by Gasteiger charge is -2.50. The third-order valence-corrected chi connectivity index (χ3v) is 11.1. The molecule has 1 nitrogen and oxygen atoms in total. The highest BCUT2D eigenvalue weighted by Gasteiger charge is 2.71. The van der Waals surface area contributed by atoms with Crippen LogP contribution in [-0.2, 0) is 0 Å². The minimum absolute atomic E-state index is 0.542. The Morgan fingerprint density at radius 3 is 2.31 bits per heavy atom. The number of rotatable bonds is 2. The highest BCUT2D eigenvalue weighted by atomic mass is 14.9. The zero-order chi connectivity index (χ0) is 21.1. The van der Waals surface area contributed by atoms with Crippen LogP contribution in [0.4, 0.5) is 0 Å². The summed E-state index contributed by atoms with van der Waals surface area (Å²) in [5.74, 6) is 6.79. The van der Waals surface area contributed by atoms with E-state index >= 15 is 0 Å². The van der Waals surface area contributed by atoms with Crippen molar-refractivity contribution in [2.24, 2.45) is 52.8 Å². The van der Waals surface area contributed by atoms with E-state index in [2.05, 4.69) is 60.0 Å². The van der Waals surface area contributed by atoms with Gasteiger partial charge in [0.15, 0.2) is 0 Å². The molecule has 32 heavy (non-hydrogen) atoms. The maximum Gasteiger partial charge on any atom is 0.0441 e. The monoisotopic (exact) mass is 427 g/mol. The molecule has 1 spiro atoms. The largest absolute Gasteiger partial charge is 0.382 e. The van der Waals surface area contributed by atoms with Crippen LogP contribution < -0.4 is 5.32 Å². The average Bonchev–Trinajstić information content (AvgIpc) is 3.33. The van der Waals surface area contributed by atoms with Crippen molar-refractivity contribution in [2.45, 2.75) is 76.7 Å². The summed E-state index contributed by atoms with van der Waals surface area (Å²) in [7, 11) is 0. The second kappa shape index (κ2) is 7.78. The maximum absolute atomic E-state index is 4.09. The summed E-state index contributed by atoms with van der Waals surface area (Å²) in [6.45, 7) is 0. The van der Waals surface area contributed by atoms with Gasteiger partial charge in [-0.3, -0.25) is 0 Å². The van der Waals surface area contributed by atoms with Crippen LogP contribution in [0.5, 0.6) is 0 Å². The van der Waals surface area contributed by atoms with Gasteiger partial charge in [0.2, 0.25) is 0 Å². The standard InChI is InChI=1S/C31H41N/c1-2-11-21(12-3-1)32-29-20-10-19-28-30(29)24-15-6-9-18-27(24)31(28)25-16-7-4-13-22(25)23-14-5-8-17-26(23)31/h2,4,6,10-11,13,15,19-28,30,32H,1,3,5,7-9,12,14,16-18H2/t21?,22?,23?,24?,25?,26?,27?,28-,30?,31?/m0/s1. The molecule has 9 unspecified atom stereocenters. The lowest BCUT2D eigenvalue weighted by atomic mass is 9.54. The molecular formula is C31H41N. The van der Waals surface area contributed by atoms with Crippen molar-refractivity contribution in [1.82, 2.24) is 5.32 Å². The number of allylic oxidation sites excluding steroid dienone is 9. The smallest absolute Gasteiger partial charge is 0.0441 e. The van der Waals surface area contributed by atoms with E-state index in [0.717, 1.165) is 41.4 Å². The first kappa shape index (κ1) is 19.9. The average molecular weight is 428 g/mol. The van der Waals surface area contributed by atoms with E-state index in [1.54, 1.807) is 5.70 Å². The number of fused-ring (bicyclic) bond motifs is 10. The van der Waals surface area contributed by atoms with Gasteiger partial charge in [-0.05, 0) is 111 Å². The summed E-state index contributed by atoms with van der Waals surface area (Å²) in [5.41, 5.74) is 2.12. The molecule has 3 saturated carbocycles. The van der Waals surface area contributed by atoms with E-state index in [9.17, 15) is 0 Å². The van der Waals surface area contributed by atoms with E-state index in [-0.39, 0.29) is 0 Å². The molecule has 7 rings (SSSR count). The fraction of sp³-hybridized carbons (Fsp3) is 0.677. The molecule has 1 N–H and O–H groups in total. The van der Waals surface area contributed by atoms with E-state index < -0.39 is 0 Å². The lowest BCUT2D eigenvalue weighted by Crippen LogP contribution is -2.45. The van der Waals surface area contributed by atoms with E-state index in [1.807, 2.05) is 0 Å². The first-order chi connectivity index (χ1) is 15.9. The molecular weight excluding hydrogens is 386 g/mol. The quantitative estimate of drug-likeness (QED) is 0.454. The molecule has 0 amide bonds. The number of nitrogens with one attached hydrogen (secondary N) is 1. The Morgan fingerprint density at radius 2 is 1.47 bits per heavy atom. The summed E-state index contributed by atoms with van der Waals surface area (Å²) < 4.78 is 0. The van der Waals surface area contributed by atoms with Crippen LogP contribution >= 0.6 is 0 Å². The van der Waals surface area contributed by atoms with E-state index in [4.69, 9.17) is 0 Å². The summed E-state index contributed by atoms with van der Waals surface area (Å²) in [6, 6.07) is 0.543. The Morgan fingerprint density at radius 1 is 0.688 bits per heavy atom. The van der Waals surface area contributed by atoms with Crippen molar-refractivity contribution in [2.75, 3.05) is 0 Å². The Labute approximate surface area is 195 Å². The minimum atomic E-state index is 0.542. The Hall–Kier alpha value is -1.50. The van der Waals surface area contributed by atoms with Gasteiger partial charge in [-0.15, -0.1) is 0 Å². The Kier molecular flexibility index (Phi) is 4.84.